The van der Waals surface area contributed by atoms with E-state index in [9.17, 15) is 20.4 Å². The summed E-state index contributed by atoms with van der Waals surface area (Å²) in [5, 5.41) is 41.1. The zero-order chi connectivity index (χ0) is 27.2. The summed E-state index contributed by atoms with van der Waals surface area (Å²) in [5.74, 6) is 1.15. The minimum atomic E-state index is -0.302. The van der Waals surface area contributed by atoms with Gasteiger partial charge in [0.1, 0.15) is 23.0 Å². The van der Waals surface area contributed by atoms with Crippen LogP contribution in [0.25, 0.3) is 0 Å². The molecule has 196 valence electrons. The van der Waals surface area contributed by atoms with Crippen molar-refractivity contribution in [1.29, 1.82) is 0 Å². The van der Waals surface area contributed by atoms with Gasteiger partial charge in [0, 0.05) is 10.8 Å². The molecule has 0 atom stereocenters. The molecule has 0 heterocycles. The maximum absolute atomic E-state index is 10.6. The lowest BCUT2D eigenvalue weighted by Crippen LogP contribution is -2.41. The zero-order valence-corrected chi connectivity index (χ0v) is 22.5. The fourth-order valence-corrected chi connectivity index (χ4v) is 6.62. The summed E-state index contributed by atoms with van der Waals surface area (Å²) in [7, 11) is 0. The number of benzene rings is 4. The third kappa shape index (κ3) is 4.18. The molecule has 4 nitrogen and oxygen atoms in total. The molecular weight excluding hydrogens is 472 g/mol. The lowest BCUT2D eigenvalue weighted by molar-refractivity contribution is 0.256. The Bertz CT molecular complexity index is 1320. The quantitative estimate of drug-likeness (QED) is 0.229. The second kappa shape index (κ2) is 9.43. The van der Waals surface area contributed by atoms with Crippen LogP contribution in [0.1, 0.15) is 70.2 Å². The second-order valence-electron chi connectivity index (χ2n) is 11.2. The second-order valence-corrected chi connectivity index (χ2v) is 11.2. The molecule has 4 aromatic carbocycles. The maximum Gasteiger partial charge on any atom is 0.121 e. The standard InChI is InChI=1S/C34H36O4/c1-21-17-27(18-22(2)31(21)37)34(28-19-23(3)32(38)24(4)20-28)15-13-33(14-16-34,25-5-9-29(35)10-6-25)26-7-11-30(36)12-8-26/h5-12,17-20,35-38H,13-16H2,1-4H3. The molecule has 0 aromatic heterocycles. The number of aryl methyl sites for hydroxylation is 4. The van der Waals surface area contributed by atoms with E-state index in [1.54, 1.807) is 24.3 Å². The molecule has 1 saturated carbocycles. The molecule has 0 unspecified atom stereocenters. The fourth-order valence-electron chi connectivity index (χ4n) is 6.62. The average molecular weight is 509 g/mol. The van der Waals surface area contributed by atoms with Crippen LogP contribution in [-0.4, -0.2) is 20.4 Å². The molecule has 0 bridgehead atoms. The summed E-state index contributed by atoms with van der Waals surface area (Å²) in [5.41, 5.74) is 7.51. The molecule has 38 heavy (non-hydrogen) atoms. The molecule has 0 aliphatic heterocycles. The van der Waals surface area contributed by atoms with E-state index in [2.05, 4.69) is 24.3 Å². The molecule has 4 N–H and O–H groups in total. The van der Waals surface area contributed by atoms with Crippen molar-refractivity contribution in [1.82, 2.24) is 0 Å². The Morgan fingerprint density at radius 2 is 0.684 bits per heavy atom. The van der Waals surface area contributed by atoms with E-state index in [0.29, 0.717) is 11.5 Å². The van der Waals surface area contributed by atoms with E-state index in [-0.39, 0.29) is 22.3 Å². The van der Waals surface area contributed by atoms with E-state index in [1.165, 1.54) is 11.1 Å². The van der Waals surface area contributed by atoms with Crippen LogP contribution in [-0.2, 0) is 10.8 Å². The lowest BCUT2D eigenvalue weighted by Gasteiger charge is -2.48. The number of phenols is 4. The number of hydrogen-bond acceptors (Lipinski definition) is 4. The van der Waals surface area contributed by atoms with Gasteiger partial charge in [-0.05, 0) is 122 Å². The molecule has 0 saturated heterocycles. The third-order valence-electron chi connectivity index (χ3n) is 8.88. The molecule has 0 radical (unpaired) electrons. The molecule has 1 fully saturated rings. The van der Waals surface area contributed by atoms with Gasteiger partial charge >= 0.3 is 0 Å². The number of hydrogen-bond donors (Lipinski definition) is 4. The first-order valence-corrected chi connectivity index (χ1v) is 13.3. The van der Waals surface area contributed by atoms with Crippen LogP contribution >= 0.6 is 0 Å². The predicted molar refractivity (Wildman–Crippen MR) is 151 cm³/mol. The van der Waals surface area contributed by atoms with Gasteiger partial charge in [-0.25, -0.2) is 0 Å². The largest absolute Gasteiger partial charge is 0.508 e. The van der Waals surface area contributed by atoms with Gasteiger partial charge in [0.25, 0.3) is 0 Å². The summed E-state index contributed by atoms with van der Waals surface area (Å²) in [6.07, 6.45) is 3.39. The van der Waals surface area contributed by atoms with Crippen molar-refractivity contribution in [2.24, 2.45) is 0 Å². The van der Waals surface area contributed by atoms with Crippen molar-refractivity contribution >= 4 is 0 Å². The van der Waals surface area contributed by atoms with E-state index >= 15 is 0 Å². The summed E-state index contributed by atoms with van der Waals surface area (Å²) in [6, 6.07) is 23.5. The Morgan fingerprint density at radius 1 is 0.421 bits per heavy atom. The van der Waals surface area contributed by atoms with Gasteiger partial charge in [0.15, 0.2) is 0 Å². The fraction of sp³-hybridized carbons (Fsp3) is 0.294. The molecule has 0 spiro atoms. The van der Waals surface area contributed by atoms with Crippen LogP contribution in [0.3, 0.4) is 0 Å². The summed E-state index contributed by atoms with van der Waals surface area (Å²) >= 11 is 0. The number of aromatic hydroxyl groups is 4. The van der Waals surface area contributed by atoms with Crippen LogP contribution in [0.15, 0.2) is 72.8 Å². The van der Waals surface area contributed by atoms with Crippen molar-refractivity contribution in [2.45, 2.75) is 64.2 Å². The van der Waals surface area contributed by atoms with Crippen molar-refractivity contribution in [3.05, 3.63) is 117 Å². The Hall–Kier alpha value is -3.92. The first-order chi connectivity index (χ1) is 18.1. The van der Waals surface area contributed by atoms with Gasteiger partial charge in [0.05, 0.1) is 0 Å². The van der Waals surface area contributed by atoms with Crippen molar-refractivity contribution < 1.29 is 20.4 Å². The predicted octanol–water partition coefficient (Wildman–Crippen LogP) is 7.59. The third-order valence-corrected chi connectivity index (χ3v) is 8.88. The Balaban J connectivity index is 1.69. The molecule has 0 amide bonds. The van der Waals surface area contributed by atoms with Crippen LogP contribution in [0, 0.1) is 27.7 Å². The molecule has 5 rings (SSSR count). The summed E-state index contributed by atoms with van der Waals surface area (Å²) in [4.78, 5) is 0. The van der Waals surface area contributed by atoms with Crippen molar-refractivity contribution in [3.8, 4) is 23.0 Å². The lowest BCUT2D eigenvalue weighted by atomic mass is 9.55. The highest BCUT2D eigenvalue weighted by molar-refractivity contribution is 5.54. The molecule has 1 aliphatic rings. The van der Waals surface area contributed by atoms with E-state index in [4.69, 9.17) is 0 Å². The monoisotopic (exact) mass is 508 g/mol. The van der Waals surface area contributed by atoms with E-state index in [0.717, 1.165) is 59.1 Å². The van der Waals surface area contributed by atoms with Crippen LogP contribution in [0.5, 0.6) is 23.0 Å². The van der Waals surface area contributed by atoms with Crippen LogP contribution in [0.2, 0.25) is 0 Å². The molecule has 1 aliphatic carbocycles. The van der Waals surface area contributed by atoms with Gasteiger partial charge in [-0.1, -0.05) is 48.5 Å². The Morgan fingerprint density at radius 3 is 0.974 bits per heavy atom. The number of rotatable bonds is 4. The highest BCUT2D eigenvalue weighted by Gasteiger charge is 2.47. The first kappa shape index (κ1) is 25.7. The van der Waals surface area contributed by atoms with E-state index in [1.807, 2.05) is 52.0 Å². The topological polar surface area (TPSA) is 80.9 Å². The SMILES string of the molecule is Cc1cc(C2(c3cc(C)c(O)c(C)c3)CCC(c3ccc(O)cc3)(c3ccc(O)cc3)CC2)cc(C)c1O. The smallest absolute Gasteiger partial charge is 0.121 e. The minimum Gasteiger partial charge on any atom is -0.508 e. The molecule has 4 aromatic rings. The Kier molecular flexibility index (Phi) is 6.38. The van der Waals surface area contributed by atoms with Crippen LogP contribution in [0.4, 0.5) is 0 Å². The van der Waals surface area contributed by atoms with Gasteiger partial charge in [0.2, 0.25) is 0 Å². The van der Waals surface area contributed by atoms with Crippen molar-refractivity contribution in [3.63, 3.8) is 0 Å². The minimum absolute atomic E-state index is 0.241. The highest BCUT2D eigenvalue weighted by atomic mass is 16.3. The maximum atomic E-state index is 10.6. The van der Waals surface area contributed by atoms with Gasteiger partial charge in [-0.3, -0.25) is 0 Å². The summed E-state index contributed by atoms with van der Waals surface area (Å²) < 4.78 is 0. The van der Waals surface area contributed by atoms with Gasteiger partial charge < -0.3 is 20.4 Å². The van der Waals surface area contributed by atoms with E-state index < -0.39 is 0 Å². The first-order valence-electron chi connectivity index (χ1n) is 13.3. The van der Waals surface area contributed by atoms with Gasteiger partial charge in [-0.2, -0.15) is 0 Å². The summed E-state index contributed by atoms with van der Waals surface area (Å²) in [6.45, 7) is 7.81. The zero-order valence-electron chi connectivity index (χ0n) is 22.5. The van der Waals surface area contributed by atoms with Gasteiger partial charge in [-0.15, -0.1) is 0 Å². The highest BCUT2D eigenvalue weighted by Crippen LogP contribution is 2.55. The molecular formula is C34H36O4. The normalized spacial score (nSPS) is 16.3. The van der Waals surface area contributed by atoms with Crippen LogP contribution < -0.4 is 0 Å². The molecule has 4 heteroatoms. The Labute approximate surface area is 224 Å². The van der Waals surface area contributed by atoms with Crippen molar-refractivity contribution in [2.75, 3.05) is 0 Å². The number of phenolic OH excluding ortho intramolecular Hbond substituents is 4. The average Bonchev–Trinajstić information content (AvgIpc) is 2.90.